The van der Waals surface area contributed by atoms with Crippen molar-refractivity contribution in [2.75, 3.05) is 6.61 Å². The lowest BCUT2D eigenvalue weighted by molar-refractivity contribution is -0.292. The van der Waals surface area contributed by atoms with Gasteiger partial charge in [-0.2, -0.15) is 0 Å². The Morgan fingerprint density at radius 2 is 1.56 bits per heavy atom. The molecule has 5 N–H and O–H groups in total. The van der Waals surface area contributed by atoms with E-state index in [1.54, 1.807) is 0 Å². The fourth-order valence-corrected chi connectivity index (χ4v) is 4.89. The molecule has 2 aliphatic rings. The van der Waals surface area contributed by atoms with Gasteiger partial charge in [-0.1, -0.05) is 58.6 Å². The summed E-state index contributed by atoms with van der Waals surface area (Å²) in [4.78, 5) is 48.2. The number of allylic oxidation sites excluding steroid dienone is 1. The maximum absolute atomic E-state index is 12.8. The van der Waals surface area contributed by atoms with Crippen molar-refractivity contribution in [3.63, 3.8) is 0 Å². The Hall–Kier alpha value is -2.38. The molecule has 1 saturated carbocycles. The van der Waals surface area contributed by atoms with E-state index in [4.69, 9.17) is 19.3 Å². The molecular formula is C29H48O12. The summed E-state index contributed by atoms with van der Waals surface area (Å²) in [5.74, 6) is -3.01. The van der Waals surface area contributed by atoms with E-state index in [2.05, 4.69) is 0 Å². The summed E-state index contributed by atoms with van der Waals surface area (Å²) in [5.41, 5.74) is 0. The molecule has 1 saturated heterocycles. The molecule has 41 heavy (non-hydrogen) atoms. The number of esters is 2. The van der Waals surface area contributed by atoms with Crippen molar-refractivity contribution in [3.05, 3.63) is 12.2 Å². The number of aliphatic carboxylic acids is 1. The normalized spacial score (nSPS) is 29.6. The number of aliphatic hydroxyl groups excluding tert-OH is 4. The van der Waals surface area contributed by atoms with E-state index in [-0.39, 0.29) is 36.9 Å². The first kappa shape index (κ1) is 36.6. The van der Waals surface area contributed by atoms with Crippen LogP contribution >= 0.6 is 0 Å². The summed E-state index contributed by atoms with van der Waals surface area (Å²) < 4.78 is 15.7. The molecular weight excluding hydrogens is 540 g/mol. The van der Waals surface area contributed by atoms with Crippen molar-refractivity contribution in [1.82, 2.24) is 0 Å². The third kappa shape index (κ3) is 12.2. The lowest BCUT2D eigenvalue weighted by Gasteiger charge is -2.39. The zero-order valence-corrected chi connectivity index (χ0v) is 24.4. The van der Waals surface area contributed by atoms with Crippen LogP contribution in [0.5, 0.6) is 0 Å². The van der Waals surface area contributed by atoms with Crippen molar-refractivity contribution >= 4 is 23.7 Å². The van der Waals surface area contributed by atoms with Crippen LogP contribution in [0.3, 0.4) is 0 Å². The number of carboxylic acid groups (broad SMARTS) is 1. The summed E-state index contributed by atoms with van der Waals surface area (Å²) in [7, 11) is 0. The highest BCUT2D eigenvalue weighted by atomic mass is 16.7. The van der Waals surface area contributed by atoms with E-state index in [9.17, 15) is 39.6 Å². The highest BCUT2D eigenvalue weighted by Gasteiger charge is 2.45. The second-order valence-electron chi connectivity index (χ2n) is 10.1. The first-order chi connectivity index (χ1) is 19.6. The van der Waals surface area contributed by atoms with Gasteiger partial charge >= 0.3 is 17.9 Å². The Kier molecular flexibility index (Phi) is 17.6. The summed E-state index contributed by atoms with van der Waals surface area (Å²) in [6, 6.07) is 0. The lowest BCUT2D eigenvalue weighted by atomic mass is 9.88. The maximum atomic E-state index is 12.8. The molecule has 0 bridgehead atoms. The molecule has 12 nitrogen and oxygen atoms in total. The van der Waals surface area contributed by atoms with E-state index in [0.29, 0.717) is 12.8 Å². The van der Waals surface area contributed by atoms with Crippen molar-refractivity contribution in [2.45, 2.75) is 128 Å². The minimum Gasteiger partial charge on any atom is -0.481 e. The van der Waals surface area contributed by atoms with Crippen molar-refractivity contribution < 1.29 is 58.9 Å². The van der Waals surface area contributed by atoms with Crippen LogP contribution in [0.15, 0.2) is 12.2 Å². The molecule has 0 radical (unpaired) electrons. The number of carboxylic acids is 1. The van der Waals surface area contributed by atoms with Gasteiger partial charge in [-0.15, -0.1) is 0 Å². The molecule has 0 aromatic heterocycles. The maximum Gasteiger partial charge on any atom is 0.308 e. The molecule has 12 heteroatoms. The molecule has 2 rings (SSSR count). The summed E-state index contributed by atoms with van der Waals surface area (Å²) in [6.07, 6.45) is 0.0668. The van der Waals surface area contributed by atoms with Gasteiger partial charge in [0.1, 0.15) is 36.3 Å². The number of Topliss-reactive ketones (excluding diaryl/α,β-unsaturated/α-hetero) is 1. The van der Waals surface area contributed by atoms with E-state index < -0.39 is 67.7 Å². The van der Waals surface area contributed by atoms with Crippen LogP contribution < -0.4 is 0 Å². The summed E-state index contributed by atoms with van der Waals surface area (Å²) in [5, 5.41) is 47.6. The third-order valence-electron chi connectivity index (χ3n) is 7.09. The van der Waals surface area contributed by atoms with Gasteiger partial charge in [-0.05, 0) is 19.3 Å². The number of carbonyl (C=O) groups is 4. The summed E-state index contributed by atoms with van der Waals surface area (Å²) in [6.45, 7) is 5.35. The molecule has 1 heterocycles. The molecule has 1 aliphatic carbocycles. The number of hydrogen-bond donors (Lipinski definition) is 5. The Morgan fingerprint density at radius 1 is 0.927 bits per heavy atom. The van der Waals surface area contributed by atoms with Crippen LogP contribution in [-0.4, -0.2) is 92.6 Å². The predicted octanol–water partition coefficient (Wildman–Crippen LogP) is 2.03. The van der Waals surface area contributed by atoms with Gasteiger partial charge in [0.05, 0.1) is 19.4 Å². The highest BCUT2D eigenvalue weighted by molar-refractivity contribution is 5.85. The zero-order valence-electron chi connectivity index (χ0n) is 24.4. The first-order valence-corrected chi connectivity index (χ1v) is 14.7. The SMILES string of the molecule is CC.CCCC=CC1C(OC(=O)CCC(=O)OC2O[C@H](CO)[C@@H](O)[C@H](O)[C@H]2O)CC(=O)C1CCCCCCC(=O)O. The second kappa shape index (κ2) is 19.7. The molecule has 1 aliphatic heterocycles. The molecule has 4 unspecified atom stereocenters. The van der Waals surface area contributed by atoms with Crippen LogP contribution in [0.25, 0.3) is 0 Å². The highest BCUT2D eigenvalue weighted by Crippen LogP contribution is 2.36. The van der Waals surface area contributed by atoms with Gasteiger partial charge in [0.2, 0.25) is 6.29 Å². The number of ether oxygens (including phenoxy) is 3. The first-order valence-electron chi connectivity index (χ1n) is 14.7. The van der Waals surface area contributed by atoms with Crippen molar-refractivity contribution in [3.8, 4) is 0 Å². The number of hydrogen-bond acceptors (Lipinski definition) is 11. The smallest absolute Gasteiger partial charge is 0.308 e. The second-order valence-corrected chi connectivity index (χ2v) is 10.1. The molecule has 236 valence electrons. The quantitative estimate of drug-likeness (QED) is 0.100. The molecule has 8 atom stereocenters. The van der Waals surface area contributed by atoms with Gasteiger partial charge in [0, 0.05) is 24.7 Å². The Bertz CT molecular complexity index is 842. The topological polar surface area (TPSA) is 197 Å². The fourth-order valence-electron chi connectivity index (χ4n) is 4.89. The van der Waals surface area contributed by atoms with Crippen LogP contribution in [0.4, 0.5) is 0 Å². The fraction of sp³-hybridized carbons (Fsp3) is 0.793. The summed E-state index contributed by atoms with van der Waals surface area (Å²) >= 11 is 0. The van der Waals surface area contributed by atoms with Gasteiger partial charge in [-0.3, -0.25) is 19.2 Å². The lowest BCUT2D eigenvalue weighted by Crippen LogP contribution is -2.59. The predicted molar refractivity (Wildman–Crippen MR) is 146 cm³/mol. The van der Waals surface area contributed by atoms with Crippen molar-refractivity contribution in [2.24, 2.45) is 11.8 Å². The van der Waals surface area contributed by atoms with Gasteiger partial charge in [-0.25, -0.2) is 0 Å². The molecule has 2 fully saturated rings. The average molecular weight is 589 g/mol. The number of carbonyl (C=O) groups excluding carboxylic acids is 3. The van der Waals surface area contributed by atoms with E-state index in [1.165, 1.54) is 0 Å². The molecule has 0 spiro atoms. The minimum atomic E-state index is -1.74. The van der Waals surface area contributed by atoms with Gasteiger partial charge < -0.3 is 39.7 Å². The van der Waals surface area contributed by atoms with E-state index in [0.717, 1.165) is 32.1 Å². The minimum absolute atomic E-state index is 0.00603. The van der Waals surface area contributed by atoms with Crippen LogP contribution in [0.2, 0.25) is 0 Å². The Labute approximate surface area is 241 Å². The van der Waals surface area contributed by atoms with Crippen LogP contribution in [0.1, 0.15) is 91.4 Å². The van der Waals surface area contributed by atoms with Gasteiger partial charge in [0.15, 0.2) is 0 Å². The third-order valence-corrected chi connectivity index (χ3v) is 7.09. The monoisotopic (exact) mass is 588 g/mol. The molecule has 0 amide bonds. The van der Waals surface area contributed by atoms with Crippen LogP contribution in [-0.2, 0) is 33.4 Å². The standard InChI is InChI=1S/C27H42O12.C2H6/c1-2-3-6-10-17-16(9-7-4-5-8-11-21(30)31)18(29)14-19(17)37-22(32)12-13-23(33)39-27-26(36)25(35)24(34)20(15-28)38-27;1-2/h6,10,16-17,19-20,24-28,34-36H,2-5,7-9,11-15H2,1H3,(H,30,31);1-2H3/t16?,17?,19?,20-,24-,25+,26-,27?;/m1./s1. The van der Waals surface area contributed by atoms with Gasteiger partial charge in [0.25, 0.3) is 0 Å². The number of rotatable bonds is 16. The Balaban J connectivity index is 0.00000411. The van der Waals surface area contributed by atoms with Crippen LogP contribution in [0, 0.1) is 11.8 Å². The average Bonchev–Trinajstić information content (AvgIpc) is 3.23. The van der Waals surface area contributed by atoms with E-state index >= 15 is 0 Å². The van der Waals surface area contributed by atoms with E-state index in [1.807, 2.05) is 32.9 Å². The zero-order chi connectivity index (χ0) is 30.9. The number of unbranched alkanes of at least 4 members (excludes halogenated alkanes) is 4. The Morgan fingerprint density at radius 3 is 2.17 bits per heavy atom. The molecule has 0 aromatic rings. The number of aliphatic hydroxyl groups is 4. The number of ketones is 1. The molecule has 0 aromatic carbocycles. The largest absolute Gasteiger partial charge is 0.481 e. The van der Waals surface area contributed by atoms with Crippen molar-refractivity contribution in [1.29, 1.82) is 0 Å².